The van der Waals surface area contributed by atoms with Gasteiger partial charge in [-0.05, 0) is 37.3 Å². The molecule has 27 heavy (non-hydrogen) atoms. The molecule has 2 N–H and O–H groups in total. The Labute approximate surface area is 155 Å². The number of anilines is 1. The predicted octanol–water partition coefficient (Wildman–Crippen LogP) is 2.50. The summed E-state index contributed by atoms with van der Waals surface area (Å²) in [5.74, 6) is -0.313. The normalized spacial score (nSPS) is 10.3. The SMILES string of the molecule is CCNC(=O)c1cccc(NC(=O)COc2nnc(-c3ccccc3)o2)c1. The standard InChI is InChI=1S/C19H18N4O4/c1-2-20-17(25)14-9-6-10-15(11-14)21-16(24)12-26-19-23-22-18(27-19)13-7-4-3-5-8-13/h3-11H,2,12H2,1H3,(H,20,25)(H,21,24). The van der Waals surface area contributed by atoms with E-state index in [1.54, 1.807) is 24.3 Å². The summed E-state index contributed by atoms with van der Waals surface area (Å²) in [6.45, 7) is 2.06. The number of ether oxygens (including phenoxy) is 1. The average Bonchev–Trinajstić information content (AvgIpc) is 3.17. The van der Waals surface area contributed by atoms with Gasteiger partial charge in [0.15, 0.2) is 6.61 Å². The fourth-order valence-corrected chi connectivity index (χ4v) is 2.29. The van der Waals surface area contributed by atoms with Crippen molar-refractivity contribution >= 4 is 17.5 Å². The van der Waals surface area contributed by atoms with Gasteiger partial charge >= 0.3 is 6.08 Å². The molecule has 1 aromatic heterocycles. The number of hydrogen-bond acceptors (Lipinski definition) is 6. The van der Waals surface area contributed by atoms with Gasteiger partial charge in [-0.15, -0.1) is 5.10 Å². The van der Waals surface area contributed by atoms with Crippen molar-refractivity contribution < 1.29 is 18.7 Å². The molecule has 0 unspecified atom stereocenters. The molecule has 138 valence electrons. The summed E-state index contributed by atoms with van der Waals surface area (Å²) in [5, 5.41) is 13.0. The molecule has 0 aliphatic rings. The van der Waals surface area contributed by atoms with E-state index in [2.05, 4.69) is 20.8 Å². The van der Waals surface area contributed by atoms with Crippen molar-refractivity contribution in [2.75, 3.05) is 18.5 Å². The van der Waals surface area contributed by atoms with Gasteiger partial charge in [-0.3, -0.25) is 9.59 Å². The Kier molecular flexibility index (Phi) is 5.78. The Morgan fingerprint density at radius 3 is 2.67 bits per heavy atom. The summed E-state index contributed by atoms with van der Waals surface area (Å²) in [6.07, 6.45) is -0.0972. The zero-order valence-corrected chi connectivity index (χ0v) is 14.6. The van der Waals surface area contributed by atoms with Gasteiger partial charge in [0.25, 0.3) is 17.7 Å². The van der Waals surface area contributed by atoms with Crippen molar-refractivity contribution in [2.45, 2.75) is 6.92 Å². The number of nitrogens with one attached hydrogen (secondary N) is 2. The number of nitrogens with zero attached hydrogens (tertiary/aromatic N) is 2. The van der Waals surface area contributed by atoms with E-state index < -0.39 is 5.91 Å². The topological polar surface area (TPSA) is 106 Å². The fourth-order valence-electron chi connectivity index (χ4n) is 2.29. The molecule has 0 aliphatic heterocycles. The molecule has 2 aromatic carbocycles. The lowest BCUT2D eigenvalue weighted by molar-refractivity contribution is -0.118. The van der Waals surface area contributed by atoms with Crippen LogP contribution in [0.4, 0.5) is 5.69 Å². The molecule has 0 atom stereocenters. The summed E-state index contributed by atoms with van der Waals surface area (Å²) < 4.78 is 10.6. The van der Waals surface area contributed by atoms with Crippen LogP contribution in [0.15, 0.2) is 59.0 Å². The lowest BCUT2D eigenvalue weighted by Crippen LogP contribution is -2.23. The van der Waals surface area contributed by atoms with Crippen LogP contribution in [0, 0.1) is 0 Å². The van der Waals surface area contributed by atoms with E-state index >= 15 is 0 Å². The van der Waals surface area contributed by atoms with Gasteiger partial charge in [0.2, 0.25) is 0 Å². The molecule has 0 saturated heterocycles. The molecule has 0 radical (unpaired) electrons. The average molecular weight is 366 g/mol. The molecule has 0 aliphatic carbocycles. The maximum atomic E-state index is 12.0. The van der Waals surface area contributed by atoms with Crippen molar-refractivity contribution in [1.29, 1.82) is 0 Å². The van der Waals surface area contributed by atoms with Crippen molar-refractivity contribution in [1.82, 2.24) is 15.5 Å². The van der Waals surface area contributed by atoms with Crippen LogP contribution in [-0.4, -0.2) is 35.2 Å². The van der Waals surface area contributed by atoms with E-state index in [0.29, 0.717) is 23.7 Å². The van der Waals surface area contributed by atoms with Crippen LogP contribution in [0.1, 0.15) is 17.3 Å². The molecular weight excluding hydrogens is 348 g/mol. The summed E-state index contributed by atoms with van der Waals surface area (Å²) in [4.78, 5) is 23.9. The minimum Gasteiger partial charge on any atom is -0.439 e. The van der Waals surface area contributed by atoms with Crippen molar-refractivity contribution in [3.8, 4) is 17.5 Å². The lowest BCUT2D eigenvalue weighted by atomic mass is 10.2. The second-order valence-electron chi connectivity index (χ2n) is 5.52. The second-order valence-corrected chi connectivity index (χ2v) is 5.52. The van der Waals surface area contributed by atoms with Crippen LogP contribution in [-0.2, 0) is 4.79 Å². The molecule has 1 heterocycles. The Morgan fingerprint density at radius 2 is 1.89 bits per heavy atom. The van der Waals surface area contributed by atoms with Crippen LogP contribution in [0.3, 0.4) is 0 Å². The van der Waals surface area contributed by atoms with Gasteiger partial charge in [-0.1, -0.05) is 29.4 Å². The summed E-state index contributed by atoms with van der Waals surface area (Å²) in [6, 6.07) is 15.8. The number of amides is 2. The van der Waals surface area contributed by atoms with Crippen LogP contribution in [0.2, 0.25) is 0 Å². The van der Waals surface area contributed by atoms with Gasteiger partial charge < -0.3 is 19.8 Å². The Balaban J connectivity index is 1.55. The number of carbonyl (C=O) groups excluding carboxylic acids is 2. The number of carbonyl (C=O) groups is 2. The largest absolute Gasteiger partial charge is 0.439 e. The summed E-state index contributed by atoms with van der Waals surface area (Å²) >= 11 is 0. The highest BCUT2D eigenvalue weighted by molar-refractivity contribution is 5.97. The number of benzene rings is 2. The van der Waals surface area contributed by atoms with Gasteiger partial charge in [-0.2, -0.15) is 0 Å². The van der Waals surface area contributed by atoms with Crippen LogP contribution in [0.5, 0.6) is 6.08 Å². The van der Waals surface area contributed by atoms with Crippen molar-refractivity contribution in [2.24, 2.45) is 0 Å². The smallest absolute Gasteiger partial charge is 0.415 e. The zero-order chi connectivity index (χ0) is 19.1. The van der Waals surface area contributed by atoms with Crippen LogP contribution < -0.4 is 15.4 Å². The highest BCUT2D eigenvalue weighted by Crippen LogP contribution is 2.20. The van der Waals surface area contributed by atoms with Gasteiger partial charge in [0.1, 0.15) is 0 Å². The molecule has 0 spiro atoms. The Bertz CT molecular complexity index is 924. The summed E-state index contributed by atoms with van der Waals surface area (Å²) in [5.41, 5.74) is 1.70. The first-order valence-corrected chi connectivity index (χ1v) is 8.35. The molecule has 0 bridgehead atoms. The molecule has 3 rings (SSSR count). The van der Waals surface area contributed by atoms with Gasteiger partial charge in [-0.25, -0.2) is 0 Å². The van der Waals surface area contributed by atoms with E-state index in [0.717, 1.165) is 5.56 Å². The monoisotopic (exact) mass is 366 g/mol. The first kappa shape index (κ1) is 18.1. The van der Waals surface area contributed by atoms with Gasteiger partial charge in [0.05, 0.1) is 0 Å². The summed E-state index contributed by atoms with van der Waals surface area (Å²) in [7, 11) is 0. The molecule has 8 heteroatoms. The maximum Gasteiger partial charge on any atom is 0.415 e. The number of hydrogen-bond donors (Lipinski definition) is 2. The molecule has 0 saturated carbocycles. The molecular formula is C19H18N4O4. The van der Waals surface area contributed by atoms with Crippen molar-refractivity contribution in [3.63, 3.8) is 0 Å². The highest BCUT2D eigenvalue weighted by atomic mass is 16.6. The molecule has 2 amide bonds. The third-order valence-electron chi connectivity index (χ3n) is 3.50. The van der Waals surface area contributed by atoms with Gasteiger partial charge in [0, 0.05) is 23.4 Å². The van der Waals surface area contributed by atoms with E-state index in [4.69, 9.17) is 9.15 Å². The number of rotatable bonds is 7. The lowest BCUT2D eigenvalue weighted by Gasteiger charge is -2.07. The van der Waals surface area contributed by atoms with Crippen molar-refractivity contribution in [3.05, 3.63) is 60.2 Å². The number of aromatic nitrogens is 2. The third kappa shape index (κ3) is 4.91. The second kappa shape index (κ2) is 8.61. The fraction of sp³-hybridized carbons (Fsp3) is 0.158. The first-order valence-electron chi connectivity index (χ1n) is 8.35. The quantitative estimate of drug-likeness (QED) is 0.665. The highest BCUT2D eigenvalue weighted by Gasteiger charge is 2.12. The predicted molar refractivity (Wildman–Crippen MR) is 98.3 cm³/mol. The third-order valence-corrected chi connectivity index (χ3v) is 3.50. The first-order chi connectivity index (χ1) is 13.2. The molecule has 0 fully saturated rings. The van der Waals surface area contributed by atoms with E-state index in [1.165, 1.54) is 0 Å². The maximum absolute atomic E-state index is 12.0. The van der Waals surface area contributed by atoms with Crippen LogP contribution in [0.25, 0.3) is 11.5 Å². The molecule has 3 aromatic rings. The molecule has 8 nitrogen and oxygen atoms in total. The minimum absolute atomic E-state index is 0.0972. The van der Waals surface area contributed by atoms with E-state index in [-0.39, 0.29) is 18.6 Å². The minimum atomic E-state index is -0.414. The zero-order valence-electron chi connectivity index (χ0n) is 14.6. The Morgan fingerprint density at radius 1 is 1.07 bits per heavy atom. The van der Waals surface area contributed by atoms with E-state index in [9.17, 15) is 9.59 Å². The van der Waals surface area contributed by atoms with Crippen LogP contribution >= 0.6 is 0 Å². The Hall–Kier alpha value is -3.68. The van der Waals surface area contributed by atoms with E-state index in [1.807, 2.05) is 37.3 Å².